The average Bonchev–Trinajstić information content (AvgIpc) is 3.14. The first-order chi connectivity index (χ1) is 14.2. The zero-order valence-corrected chi connectivity index (χ0v) is 16.4. The number of hydrogen-bond donors (Lipinski definition) is 2. The van der Waals surface area contributed by atoms with Gasteiger partial charge >= 0.3 is 0 Å². The zero-order chi connectivity index (χ0) is 20.2. The Hall–Kier alpha value is -3.39. The van der Waals surface area contributed by atoms with Crippen molar-refractivity contribution in [2.75, 3.05) is 25.1 Å². The van der Waals surface area contributed by atoms with Gasteiger partial charge in [-0.3, -0.25) is 4.79 Å². The number of fused-ring (bicyclic) bond motifs is 1. The normalized spacial score (nSPS) is 12.6. The van der Waals surface area contributed by atoms with Crippen LogP contribution in [0.25, 0.3) is 5.69 Å². The van der Waals surface area contributed by atoms with Gasteiger partial charge in [-0.05, 0) is 37.2 Å². The fourth-order valence-electron chi connectivity index (χ4n) is 3.19. The van der Waals surface area contributed by atoms with Crippen molar-refractivity contribution in [1.29, 1.82) is 0 Å². The third kappa shape index (κ3) is 3.93. The van der Waals surface area contributed by atoms with Gasteiger partial charge in [0, 0.05) is 18.3 Å². The van der Waals surface area contributed by atoms with Crippen LogP contribution in [0, 0.1) is 6.92 Å². The number of aromatic nitrogens is 3. The van der Waals surface area contributed by atoms with Gasteiger partial charge in [-0.2, -0.15) is 0 Å². The average molecular weight is 393 g/mol. The molecule has 0 saturated carbocycles. The minimum absolute atomic E-state index is 0.276. The summed E-state index contributed by atoms with van der Waals surface area (Å²) in [6.07, 6.45) is 0. The Bertz CT molecular complexity index is 1030. The van der Waals surface area contributed by atoms with E-state index in [4.69, 9.17) is 9.47 Å². The molecular formula is C21H23N5O3. The second-order valence-corrected chi connectivity index (χ2v) is 6.65. The van der Waals surface area contributed by atoms with Gasteiger partial charge in [0.1, 0.15) is 13.2 Å². The Morgan fingerprint density at radius 1 is 1.14 bits per heavy atom. The lowest BCUT2D eigenvalue weighted by molar-refractivity contribution is 0.102. The van der Waals surface area contributed by atoms with Crippen molar-refractivity contribution in [3.63, 3.8) is 0 Å². The lowest BCUT2D eigenvalue weighted by Gasteiger charge is -2.18. The first kappa shape index (κ1) is 18.9. The molecule has 0 atom stereocenters. The molecule has 1 aliphatic rings. The third-order valence-electron chi connectivity index (χ3n) is 4.71. The Kier molecular flexibility index (Phi) is 5.44. The van der Waals surface area contributed by atoms with Gasteiger partial charge < -0.3 is 20.1 Å². The highest BCUT2D eigenvalue weighted by atomic mass is 16.6. The molecule has 2 N–H and O–H groups in total. The molecule has 8 heteroatoms. The van der Waals surface area contributed by atoms with Crippen molar-refractivity contribution in [2.24, 2.45) is 0 Å². The molecule has 4 rings (SSSR count). The Balaban J connectivity index is 1.57. The van der Waals surface area contributed by atoms with E-state index in [1.807, 2.05) is 56.3 Å². The molecule has 150 valence electrons. The Morgan fingerprint density at radius 3 is 2.76 bits per heavy atom. The first-order valence-electron chi connectivity index (χ1n) is 9.59. The van der Waals surface area contributed by atoms with Crippen LogP contribution in [0.15, 0.2) is 42.5 Å². The summed E-state index contributed by atoms with van der Waals surface area (Å²) in [7, 11) is 0. The monoisotopic (exact) mass is 393 g/mol. The maximum Gasteiger partial charge on any atom is 0.278 e. The van der Waals surface area contributed by atoms with E-state index in [-0.39, 0.29) is 11.6 Å². The van der Waals surface area contributed by atoms with Gasteiger partial charge in [0.25, 0.3) is 5.91 Å². The number of nitrogens with zero attached hydrogens (tertiary/aromatic N) is 3. The van der Waals surface area contributed by atoms with Crippen molar-refractivity contribution in [1.82, 2.24) is 20.3 Å². The number of para-hydroxylation sites is 1. The predicted octanol–water partition coefficient (Wildman–Crippen LogP) is 2.71. The number of ether oxygens (including phenoxy) is 2. The number of benzene rings is 2. The van der Waals surface area contributed by atoms with Gasteiger partial charge in [-0.15, -0.1) is 5.10 Å². The van der Waals surface area contributed by atoms with E-state index in [0.717, 1.165) is 23.5 Å². The second kappa shape index (κ2) is 8.32. The minimum Gasteiger partial charge on any atom is -0.486 e. The van der Waals surface area contributed by atoms with Crippen molar-refractivity contribution >= 4 is 11.6 Å². The molecule has 0 spiro atoms. The Labute approximate surface area is 168 Å². The van der Waals surface area contributed by atoms with Crippen LogP contribution in [-0.2, 0) is 6.54 Å². The summed E-state index contributed by atoms with van der Waals surface area (Å²) >= 11 is 0. The van der Waals surface area contributed by atoms with E-state index in [9.17, 15) is 4.79 Å². The number of nitrogens with one attached hydrogen (secondary N) is 2. The van der Waals surface area contributed by atoms with E-state index in [1.165, 1.54) is 0 Å². The maximum absolute atomic E-state index is 12.8. The van der Waals surface area contributed by atoms with Crippen molar-refractivity contribution in [2.45, 2.75) is 20.4 Å². The number of carbonyl (C=O) groups is 1. The molecule has 2 aromatic carbocycles. The zero-order valence-electron chi connectivity index (χ0n) is 16.4. The molecule has 0 unspecified atom stereocenters. The number of amides is 1. The van der Waals surface area contributed by atoms with Crippen LogP contribution in [0.4, 0.5) is 5.69 Å². The summed E-state index contributed by atoms with van der Waals surface area (Å²) in [4.78, 5) is 12.8. The number of hydrogen-bond acceptors (Lipinski definition) is 6. The molecule has 1 aliphatic heterocycles. The largest absolute Gasteiger partial charge is 0.486 e. The van der Waals surface area contributed by atoms with E-state index in [0.29, 0.717) is 37.0 Å². The summed E-state index contributed by atoms with van der Waals surface area (Å²) in [5.74, 6) is 1.07. The molecule has 0 radical (unpaired) electrons. The quantitative estimate of drug-likeness (QED) is 0.669. The standard InChI is InChI=1S/C21H23N5O3/c1-3-22-13-15-6-4-5-7-17(15)23-21(27)20-14(2)26(25-24-20)16-8-9-18-19(12-16)29-11-10-28-18/h4-9,12,22H,3,10-11,13H2,1-2H3,(H,23,27). The molecule has 3 aromatic rings. The van der Waals surface area contributed by atoms with Crippen LogP contribution in [0.2, 0.25) is 0 Å². The van der Waals surface area contributed by atoms with Crippen LogP contribution in [-0.4, -0.2) is 40.7 Å². The van der Waals surface area contributed by atoms with Crippen LogP contribution in [0.3, 0.4) is 0 Å². The second-order valence-electron chi connectivity index (χ2n) is 6.65. The summed E-state index contributed by atoms with van der Waals surface area (Å²) in [5, 5.41) is 14.5. The van der Waals surface area contributed by atoms with Gasteiger partial charge in [0.05, 0.1) is 11.4 Å². The Morgan fingerprint density at radius 2 is 1.93 bits per heavy atom. The van der Waals surface area contributed by atoms with Gasteiger partial charge in [0.15, 0.2) is 17.2 Å². The lowest BCUT2D eigenvalue weighted by atomic mass is 10.1. The molecule has 0 fully saturated rings. The SMILES string of the molecule is CCNCc1ccccc1NC(=O)c1nnn(-c2ccc3c(c2)OCCO3)c1C. The van der Waals surface area contributed by atoms with E-state index < -0.39 is 0 Å². The summed E-state index contributed by atoms with van der Waals surface area (Å²) in [6, 6.07) is 13.2. The highest BCUT2D eigenvalue weighted by Gasteiger charge is 2.20. The minimum atomic E-state index is -0.296. The van der Waals surface area contributed by atoms with E-state index in [2.05, 4.69) is 20.9 Å². The molecule has 0 saturated heterocycles. The lowest BCUT2D eigenvalue weighted by Crippen LogP contribution is -2.18. The number of carbonyl (C=O) groups excluding carboxylic acids is 1. The number of rotatable bonds is 6. The smallest absolute Gasteiger partial charge is 0.278 e. The van der Waals surface area contributed by atoms with Crippen LogP contribution in [0.5, 0.6) is 11.5 Å². The van der Waals surface area contributed by atoms with Crippen molar-refractivity contribution in [3.8, 4) is 17.2 Å². The molecule has 0 aliphatic carbocycles. The topological polar surface area (TPSA) is 90.3 Å². The molecule has 8 nitrogen and oxygen atoms in total. The van der Waals surface area contributed by atoms with Crippen LogP contribution >= 0.6 is 0 Å². The van der Waals surface area contributed by atoms with Crippen LogP contribution in [0.1, 0.15) is 28.7 Å². The fraction of sp³-hybridized carbons (Fsp3) is 0.286. The van der Waals surface area contributed by atoms with Crippen LogP contribution < -0.4 is 20.1 Å². The molecule has 0 bridgehead atoms. The molecular weight excluding hydrogens is 370 g/mol. The van der Waals surface area contributed by atoms with Crippen molar-refractivity contribution in [3.05, 3.63) is 59.4 Å². The van der Waals surface area contributed by atoms with Gasteiger partial charge in [-0.25, -0.2) is 4.68 Å². The van der Waals surface area contributed by atoms with Crippen molar-refractivity contribution < 1.29 is 14.3 Å². The molecule has 2 heterocycles. The van der Waals surface area contributed by atoms with Gasteiger partial charge in [-0.1, -0.05) is 30.3 Å². The highest BCUT2D eigenvalue weighted by molar-refractivity contribution is 6.04. The predicted molar refractivity (Wildman–Crippen MR) is 109 cm³/mol. The summed E-state index contributed by atoms with van der Waals surface area (Å²) in [6.45, 7) is 6.43. The van der Waals surface area contributed by atoms with E-state index >= 15 is 0 Å². The van der Waals surface area contributed by atoms with Gasteiger partial charge in [0.2, 0.25) is 0 Å². The van der Waals surface area contributed by atoms with E-state index in [1.54, 1.807) is 4.68 Å². The third-order valence-corrected chi connectivity index (χ3v) is 4.71. The first-order valence-corrected chi connectivity index (χ1v) is 9.59. The fourth-order valence-corrected chi connectivity index (χ4v) is 3.19. The molecule has 29 heavy (non-hydrogen) atoms. The maximum atomic E-state index is 12.8. The highest BCUT2D eigenvalue weighted by Crippen LogP contribution is 2.32. The summed E-state index contributed by atoms with van der Waals surface area (Å²) < 4.78 is 12.8. The molecule has 1 amide bonds. The molecule has 1 aromatic heterocycles. The number of anilines is 1. The summed E-state index contributed by atoms with van der Waals surface area (Å²) in [5.41, 5.74) is 3.44.